The summed E-state index contributed by atoms with van der Waals surface area (Å²) in [6.45, 7) is 0. The highest BCUT2D eigenvalue weighted by Gasteiger charge is 2.29. The summed E-state index contributed by atoms with van der Waals surface area (Å²) in [6, 6.07) is 13.0. The largest absolute Gasteiger partial charge is 0.378 e. The lowest BCUT2D eigenvalue weighted by Gasteiger charge is -2.27. The van der Waals surface area contributed by atoms with Crippen molar-refractivity contribution in [2.45, 2.75) is 17.4 Å². The molecular formula is C15H14FNO2S. The molecule has 1 aliphatic heterocycles. The number of nitrogens with one attached hydrogen (secondary N) is 1. The molecule has 20 heavy (non-hydrogen) atoms. The summed E-state index contributed by atoms with van der Waals surface area (Å²) < 4.78 is 37.0. The molecule has 0 radical (unpaired) electrons. The molecular weight excluding hydrogens is 277 g/mol. The fraction of sp³-hybridized carbons (Fsp3) is 0.200. The van der Waals surface area contributed by atoms with Crippen molar-refractivity contribution in [3.8, 4) is 0 Å². The van der Waals surface area contributed by atoms with E-state index in [-0.39, 0.29) is 17.6 Å². The summed E-state index contributed by atoms with van der Waals surface area (Å²) in [5, 5.41) is 3.27. The number of benzene rings is 2. The van der Waals surface area contributed by atoms with Gasteiger partial charge >= 0.3 is 0 Å². The highest BCUT2D eigenvalue weighted by Crippen LogP contribution is 2.34. The van der Waals surface area contributed by atoms with Gasteiger partial charge in [0.2, 0.25) is 0 Å². The average Bonchev–Trinajstić information content (AvgIpc) is 2.45. The maximum atomic E-state index is 12.9. The van der Waals surface area contributed by atoms with Crippen LogP contribution in [0.3, 0.4) is 0 Å². The van der Waals surface area contributed by atoms with Crippen molar-refractivity contribution in [1.82, 2.24) is 0 Å². The molecule has 104 valence electrons. The molecule has 3 nitrogen and oxygen atoms in total. The lowest BCUT2D eigenvalue weighted by Crippen LogP contribution is -2.24. The van der Waals surface area contributed by atoms with Gasteiger partial charge in [-0.2, -0.15) is 0 Å². The molecule has 0 aromatic heterocycles. The predicted molar refractivity (Wildman–Crippen MR) is 75.9 cm³/mol. The Morgan fingerprint density at radius 1 is 1.05 bits per heavy atom. The molecule has 5 heteroatoms. The smallest absolute Gasteiger partial charge is 0.178 e. The molecule has 0 aliphatic carbocycles. The molecule has 0 spiro atoms. The maximum absolute atomic E-state index is 12.9. The van der Waals surface area contributed by atoms with Crippen LogP contribution in [0.5, 0.6) is 0 Å². The van der Waals surface area contributed by atoms with E-state index >= 15 is 0 Å². The van der Waals surface area contributed by atoms with E-state index in [9.17, 15) is 12.8 Å². The number of hydrogen-bond acceptors (Lipinski definition) is 3. The van der Waals surface area contributed by atoms with E-state index in [1.807, 2.05) is 12.1 Å². The Kier molecular flexibility index (Phi) is 3.22. The standard InChI is InChI=1S/C15H14FNO2S/c16-11-5-7-12(8-6-11)17-14-9-10-20(18,19)15-4-2-1-3-13(14)15/h1-8,14,17H,9-10H2. The van der Waals surface area contributed by atoms with Gasteiger partial charge in [-0.15, -0.1) is 0 Å². The summed E-state index contributed by atoms with van der Waals surface area (Å²) in [5.41, 5.74) is 1.56. The Labute approximate surface area is 117 Å². The van der Waals surface area contributed by atoms with Crippen molar-refractivity contribution in [2.75, 3.05) is 11.1 Å². The molecule has 1 unspecified atom stereocenters. The number of anilines is 1. The van der Waals surface area contributed by atoms with Crippen LogP contribution in [0, 0.1) is 5.82 Å². The topological polar surface area (TPSA) is 46.2 Å². The number of hydrogen-bond donors (Lipinski definition) is 1. The molecule has 2 aromatic carbocycles. The van der Waals surface area contributed by atoms with Crippen molar-refractivity contribution in [2.24, 2.45) is 0 Å². The molecule has 1 aliphatic rings. The third-order valence-corrected chi connectivity index (χ3v) is 5.30. The van der Waals surface area contributed by atoms with E-state index in [2.05, 4.69) is 5.32 Å². The highest BCUT2D eigenvalue weighted by molar-refractivity contribution is 7.91. The fourth-order valence-electron chi connectivity index (χ4n) is 2.49. The fourth-order valence-corrected chi connectivity index (χ4v) is 4.11. The van der Waals surface area contributed by atoms with Crippen LogP contribution >= 0.6 is 0 Å². The second kappa shape index (κ2) is 4.90. The van der Waals surface area contributed by atoms with E-state index in [1.54, 1.807) is 24.3 Å². The molecule has 0 saturated carbocycles. The second-order valence-electron chi connectivity index (χ2n) is 4.85. The van der Waals surface area contributed by atoms with Gasteiger partial charge in [0.25, 0.3) is 0 Å². The molecule has 1 N–H and O–H groups in total. The molecule has 0 fully saturated rings. The summed E-state index contributed by atoms with van der Waals surface area (Å²) >= 11 is 0. The van der Waals surface area contributed by atoms with Crippen LogP contribution in [0.2, 0.25) is 0 Å². The Morgan fingerprint density at radius 3 is 2.50 bits per heavy atom. The van der Waals surface area contributed by atoms with E-state index in [4.69, 9.17) is 0 Å². The predicted octanol–water partition coefficient (Wildman–Crippen LogP) is 3.16. The molecule has 2 aromatic rings. The third-order valence-electron chi connectivity index (χ3n) is 3.49. The lowest BCUT2D eigenvalue weighted by molar-refractivity contribution is 0.576. The highest BCUT2D eigenvalue weighted by atomic mass is 32.2. The third kappa shape index (κ3) is 2.41. The van der Waals surface area contributed by atoms with Gasteiger partial charge in [-0.05, 0) is 42.3 Å². The molecule has 0 amide bonds. The Morgan fingerprint density at radius 2 is 1.75 bits per heavy atom. The van der Waals surface area contributed by atoms with Crippen molar-refractivity contribution in [1.29, 1.82) is 0 Å². The minimum Gasteiger partial charge on any atom is -0.378 e. The van der Waals surface area contributed by atoms with E-state index < -0.39 is 9.84 Å². The van der Waals surface area contributed by atoms with Crippen LogP contribution in [0.1, 0.15) is 18.0 Å². The molecule has 1 heterocycles. The molecule has 3 rings (SSSR count). The molecule has 1 atom stereocenters. The monoisotopic (exact) mass is 291 g/mol. The van der Waals surface area contributed by atoms with Crippen molar-refractivity contribution >= 4 is 15.5 Å². The van der Waals surface area contributed by atoms with Gasteiger partial charge in [-0.3, -0.25) is 0 Å². The van der Waals surface area contributed by atoms with Crippen molar-refractivity contribution in [3.63, 3.8) is 0 Å². The van der Waals surface area contributed by atoms with Crippen LogP contribution in [-0.2, 0) is 9.84 Å². The molecule has 0 saturated heterocycles. The van der Waals surface area contributed by atoms with Crippen LogP contribution in [0.25, 0.3) is 0 Å². The van der Waals surface area contributed by atoms with Crippen molar-refractivity contribution in [3.05, 3.63) is 59.9 Å². The summed E-state index contributed by atoms with van der Waals surface area (Å²) in [4.78, 5) is 0.394. The second-order valence-corrected chi connectivity index (χ2v) is 6.93. The first-order valence-electron chi connectivity index (χ1n) is 6.40. The number of sulfone groups is 1. The minimum absolute atomic E-state index is 0.0693. The van der Waals surface area contributed by atoms with Gasteiger partial charge in [0.05, 0.1) is 16.7 Å². The minimum atomic E-state index is -3.17. The van der Waals surface area contributed by atoms with Gasteiger partial charge in [-0.25, -0.2) is 12.8 Å². The average molecular weight is 291 g/mol. The Balaban J connectivity index is 1.94. The first-order valence-corrected chi connectivity index (χ1v) is 8.05. The van der Waals surface area contributed by atoms with E-state index in [0.717, 1.165) is 11.3 Å². The summed E-state index contributed by atoms with van der Waals surface area (Å²) in [5.74, 6) is -0.162. The number of fused-ring (bicyclic) bond motifs is 1. The van der Waals surface area contributed by atoms with Gasteiger partial charge < -0.3 is 5.32 Å². The van der Waals surface area contributed by atoms with Gasteiger partial charge in [0.15, 0.2) is 9.84 Å². The van der Waals surface area contributed by atoms with E-state index in [1.165, 1.54) is 12.1 Å². The first-order chi connectivity index (χ1) is 9.56. The van der Waals surface area contributed by atoms with Gasteiger partial charge in [0, 0.05) is 5.69 Å². The van der Waals surface area contributed by atoms with E-state index in [0.29, 0.717) is 11.3 Å². The molecule has 0 bridgehead atoms. The first kappa shape index (κ1) is 13.1. The zero-order valence-corrected chi connectivity index (χ0v) is 11.5. The van der Waals surface area contributed by atoms with Gasteiger partial charge in [-0.1, -0.05) is 18.2 Å². The van der Waals surface area contributed by atoms with Gasteiger partial charge in [0.1, 0.15) is 5.82 Å². The summed E-state index contributed by atoms with van der Waals surface area (Å²) in [7, 11) is -3.17. The lowest BCUT2D eigenvalue weighted by atomic mass is 10.0. The Bertz CT molecular complexity index is 726. The van der Waals surface area contributed by atoms with Crippen molar-refractivity contribution < 1.29 is 12.8 Å². The zero-order chi connectivity index (χ0) is 14.2. The normalized spacial score (nSPS) is 20.1. The Hall–Kier alpha value is -1.88. The van der Waals surface area contributed by atoms with Crippen LogP contribution < -0.4 is 5.32 Å². The SMILES string of the molecule is O=S1(=O)CCC(Nc2ccc(F)cc2)c2ccccc21. The van der Waals surface area contributed by atoms with Crippen LogP contribution in [0.15, 0.2) is 53.4 Å². The summed E-state index contributed by atoms with van der Waals surface area (Å²) in [6.07, 6.45) is 0.511. The van der Waals surface area contributed by atoms with Crippen LogP contribution in [-0.4, -0.2) is 14.2 Å². The van der Waals surface area contributed by atoms with Crippen LogP contribution in [0.4, 0.5) is 10.1 Å². The number of halogens is 1. The quantitative estimate of drug-likeness (QED) is 0.924. The number of rotatable bonds is 2. The maximum Gasteiger partial charge on any atom is 0.178 e. The zero-order valence-electron chi connectivity index (χ0n) is 10.7.